The fraction of sp³-hybridized carbons (Fsp3) is 0.0909. The van der Waals surface area contributed by atoms with Gasteiger partial charge in [-0.1, -0.05) is 36.4 Å². The van der Waals surface area contributed by atoms with Gasteiger partial charge in [0.05, 0.1) is 0 Å². The third-order valence-corrected chi connectivity index (χ3v) is 3.81. The maximum Gasteiger partial charge on any atom is 0.255 e. The minimum Gasteiger partial charge on any atom is -0.489 e. The predicted molar refractivity (Wildman–Crippen MR) is 106 cm³/mol. The molecule has 0 fully saturated rings. The molecule has 0 saturated carbocycles. The second-order valence-corrected chi connectivity index (χ2v) is 6.01. The van der Waals surface area contributed by atoms with Crippen LogP contribution in [0.15, 0.2) is 78.9 Å². The molecule has 0 aliphatic carbocycles. The zero-order valence-corrected chi connectivity index (χ0v) is 14.9. The average Bonchev–Trinajstić information content (AvgIpc) is 2.68. The van der Waals surface area contributed by atoms with E-state index in [4.69, 9.17) is 4.74 Å². The third kappa shape index (κ3) is 5.44. The first-order chi connectivity index (χ1) is 13.1. The molecule has 0 saturated heterocycles. The highest BCUT2D eigenvalue weighted by atomic mass is 16.5. The molecule has 0 heterocycles. The molecule has 0 atom stereocenters. The second kappa shape index (κ2) is 8.67. The molecule has 3 aromatic rings. The fourth-order valence-electron chi connectivity index (χ4n) is 2.51. The Morgan fingerprint density at radius 1 is 0.815 bits per heavy atom. The molecular formula is C22H20N2O3. The zero-order chi connectivity index (χ0) is 19.1. The Labute approximate surface area is 158 Å². The molecule has 5 heteroatoms. The molecular weight excluding hydrogens is 340 g/mol. The molecule has 3 rings (SSSR count). The van der Waals surface area contributed by atoms with E-state index in [-0.39, 0.29) is 11.8 Å². The number of carbonyl (C=O) groups is 2. The van der Waals surface area contributed by atoms with Crippen LogP contribution in [0.25, 0.3) is 0 Å². The van der Waals surface area contributed by atoms with Crippen molar-refractivity contribution in [3.05, 3.63) is 90.0 Å². The third-order valence-electron chi connectivity index (χ3n) is 3.81. The van der Waals surface area contributed by atoms with Crippen LogP contribution in [0, 0.1) is 0 Å². The van der Waals surface area contributed by atoms with Gasteiger partial charge in [0.25, 0.3) is 5.91 Å². The standard InChI is InChI=1S/C22H20N2O3/c1-16(25)23-19-10-12-20(13-11-19)24-22(26)18-8-5-9-21(14-18)27-15-17-6-3-2-4-7-17/h2-14H,15H2,1H3,(H,23,25)(H,24,26). The van der Waals surface area contributed by atoms with Gasteiger partial charge in [-0.3, -0.25) is 9.59 Å². The molecule has 136 valence electrons. The summed E-state index contributed by atoms with van der Waals surface area (Å²) in [7, 11) is 0. The molecule has 0 bridgehead atoms. The van der Waals surface area contributed by atoms with Crippen molar-refractivity contribution in [1.82, 2.24) is 0 Å². The Morgan fingerprint density at radius 3 is 2.15 bits per heavy atom. The molecule has 0 aromatic heterocycles. The van der Waals surface area contributed by atoms with Gasteiger partial charge >= 0.3 is 0 Å². The van der Waals surface area contributed by atoms with Crippen molar-refractivity contribution < 1.29 is 14.3 Å². The number of nitrogens with one attached hydrogen (secondary N) is 2. The van der Waals surface area contributed by atoms with E-state index < -0.39 is 0 Å². The molecule has 2 N–H and O–H groups in total. The monoisotopic (exact) mass is 360 g/mol. The van der Waals surface area contributed by atoms with Gasteiger partial charge in [-0.25, -0.2) is 0 Å². The van der Waals surface area contributed by atoms with Crippen LogP contribution in [0.4, 0.5) is 11.4 Å². The lowest BCUT2D eigenvalue weighted by Crippen LogP contribution is -2.12. The van der Waals surface area contributed by atoms with Crippen LogP contribution in [-0.2, 0) is 11.4 Å². The lowest BCUT2D eigenvalue weighted by molar-refractivity contribution is -0.114. The van der Waals surface area contributed by atoms with Gasteiger partial charge in [-0.15, -0.1) is 0 Å². The first kappa shape index (κ1) is 18.2. The first-order valence-corrected chi connectivity index (χ1v) is 8.56. The van der Waals surface area contributed by atoms with E-state index in [0.29, 0.717) is 29.3 Å². The van der Waals surface area contributed by atoms with E-state index in [1.807, 2.05) is 36.4 Å². The van der Waals surface area contributed by atoms with Crippen molar-refractivity contribution in [2.75, 3.05) is 10.6 Å². The van der Waals surface area contributed by atoms with E-state index in [2.05, 4.69) is 10.6 Å². The molecule has 0 radical (unpaired) electrons. The highest BCUT2D eigenvalue weighted by molar-refractivity contribution is 6.04. The van der Waals surface area contributed by atoms with Gasteiger partial charge in [-0.2, -0.15) is 0 Å². The van der Waals surface area contributed by atoms with Crippen LogP contribution in [-0.4, -0.2) is 11.8 Å². The average molecular weight is 360 g/mol. The number of benzene rings is 3. The van der Waals surface area contributed by atoms with Gasteiger partial charge in [0.15, 0.2) is 0 Å². The minimum absolute atomic E-state index is 0.140. The minimum atomic E-state index is -0.229. The van der Waals surface area contributed by atoms with Gasteiger partial charge < -0.3 is 15.4 Å². The number of amides is 2. The van der Waals surface area contributed by atoms with Gasteiger partial charge in [0.1, 0.15) is 12.4 Å². The molecule has 27 heavy (non-hydrogen) atoms. The zero-order valence-electron chi connectivity index (χ0n) is 14.9. The number of hydrogen-bond donors (Lipinski definition) is 2. The number of anilines is 2. The van der Waals surface area contributed by atoms with Crippen LogP contribution in [0.5, 0.6) is 5.75 Å². The van der Waals surface area contributed by atoms with Gasteiger partial charge in [0, 0.05) is 23.9 Å². The Morgan fingerprint density at radius 2 is 1.48 bits per heavy atom. The van der Waals surface area contributed by atoms with Gasteiger partial charge in [0.2, 0.25) is 5.91 Å². The van der Waals surface area contributed by atoms with Gasteiger partial charge in [-0.05, 0) is 48.0 Å². The second-order valence-electron chi connectivity index (χ2n) is 6.01. The summed E-state index contributed by atoms with van der Waals surface area (Å²) in [5.74, 6) is 0.263. The smallest absolute Gasteiger partial charge is 0.255 e. The van der Waals surface area contributed by atoms with Crippen LogP contribution in [0.1, 0.15) is 22.8 Å². The van der Waals surface area contributed by atoms with Crippen molar-refractivity contribution in [1.29, 1.82) is 0 Å². The highest BCUT2D eigenvalue weighted by Crippen LogP contribution is 2.18. The van der Waals surface area contributed by atoms with E-state index in [1.165, 1.54) is 6.92 Å². The largest absolute Gasteiger partial charge is 0.489 e. The van der Waals surface area contributed by atoms with E-state index >= 15 is 0 Å². The van der Waals surface area contributed by atoms with Crippen LogP contribution in [0.3, 0.4) is 0 Å². The SMILES string of the molecule is CC(=O)Nc1ccc(NC(=O)c2cccc(OCc3ccccc3)c2)cc1. The summed E-state index contributed by atoms with van der Waals surface area (Å²) in [6.07, 6.45) is 0. The summed E-state index contributed by atoms with van der Waals surface area (Å²) < 4.78 is 5.77. The topological polar surface area (TPSA) is 67.4 Å². The molecule has 0 aliphatic rings. The lowest BCUT2D eigenvalue weighted by atomic mass is 10.2. The summed E-state index contributed by atoms with van der Waals surface area (Å²) in [4.78, 5) is 23.5. The Bertz CT molecular complexity index is 922. The Hall–Kier alpha value is -3.60. The highest BCUT2D eigenvalue weighted by Gasteiger charge is 2.08. The van der Waals surface area contributed by atoms with Crippen molar-refractivity contribution in [3.63, 3.8) is 0 Å². The maximum absolute atomic E-state index is 12.5. The van der Waals surface area contributed by atoms with Crippen LogP contribution >= 0.6 is 0 Å². The molecule has 0 aliphatic heterocycles. The number of ether oxygens (including phenoxy) is 1. The molecule has 0 spiro atoms. The lowest BCUT2D eigenvalue weighted by Gasteiger charge is -2.09. The summed E-state index contributed by atoms with van der Waals surface area (Å²) in [6.45, 7) is 1.89. The van der Waals surface area contributed by atoms with Crippen LogP contribution < -0.4 is 15.4 Å². The van der Waals surface area contributed by atoms with E-state index in [0.717, 1.165) is 5.56 Å². The summed E-state index contributed by atoms with van der Waals surface area (Å²) in [6, 6.07) is 23.8. The van der Waals surface area contributed by atoms with Crippen molar-refractivity contribution in [2.45, 2.75) is 13.5 Å². The first-order valence-electron chi connectivity index (χ1n) is 8.56. The molecule has 3 aromatic carbocycles. The maximum atomic E-state index is 12.5. The number of hydrogen-bond acceptors (Lipinski definition) is 3. The Balaban J connectivity index is 1.62. The van der Waals surface area contributed by atoms with Crippen molar-refractivity contribution in [3.8, 4) is 5.75 Å². The number of carbonyl (C=O) groups excluding carboxylic acids is 2. The quantitative estimate of drug-likeness (QED) is 0.681. The van der Waals surface area contributed by atoms with Crippen molar-refractivity contribution in [2.24, 2.45) is 0 Å². The van der Waals surface area contributed by atoms with Crippen LogP contribution in [0.2, 0.25) is 0 Å². The fourth-order valence-corrected chi connectivity index (χ4v) is 2.51. The normalized spacial score (nSPS) is 10.1. The predicted octanol–water partition coefficient (Wildman–Crippen LogP) is 4.48. The van der Waals surface area contributed by atoms with E-state index in [9.17, 15) is 9.59 Å². The molecule has 5 nitrogen and oxygen atoms in total. The summed E-state index contributed by atoms with van der Waals surface area (Å²) in [5.41, 5.74) is 2.89. The molecule has 2 amide bonds. The summed E-state index contributed by atoms with van der Waals surface area (Å²) >= 11 is 0. The number of rotatable bonds is 6. The molecule has 0 unspecified atom stereocenters. The van der Waals surface area contributed by atoms with Crippen molar-refractivity contribution >= 4 is 23.2 Å². The summed E-state index contributed by atoms with van der Waals surface area (Å²) in [5, 5.41) is 5.52. The van der Waals surface area contributed by atoms with E-state index in [1.54, 1.807) is 42.5 Å². The Kier molecular flexibility index (Phi) is 5.84.